The molecule has 0 aromatic rings. The molecule has 0 aliphatic carbocycles. The fraction of sp³-hybridized carbons (Fsp3) is 0.833. The number of hydrogen-bond donors (Lipinski definition) is 1. The summed E-state index contributed by atoms with van der Waals surface area (Å²) in [5, 5.41) is 3.22. The average Bonchev–Trinajstić information content (AvgIpc) is 2.24. The lowest BCUT2D eigenvalue weighted by Gasteiger charge is -2.27. The van der Waals surface area contributed by atoms with Crippen molar-refractivity contribution in [2.45, 2.75) is 26.8 Å². The van der Waals surface area contributed by atoms with Crippen molar-refractivity contribution >= 4 is 0 Å². The molecule has 0 aliphatic heterocycles. The van der Waals surface area contributed by atoms with Crippen LogP contribution in [0.1, 0.15) is 20.8 Å². The van der Waals surface area contributed by atoms with Crippen molar-refractivity contribution in [1.29, 1.82) is 0 Å². The van der Waals surface area contributed by atoms with E-state index in [9.17, 15) is 0 Å². The first-order valence-corrected chi connectivity index (χ1v) is 5.72. The molecule has 0 heterocycles. The number of nitrogens with one attached hydrogen (secondary N) is 1. The summed E-state index contributed by atoms with van der Waals surface area (Å²) in [4.78, 5) is 2.39. The summed E-state index contributed by atoms with van der Waals surface area (Å²) in [6.45, 7) is 11.6. The number of likely N-dealkylation sites (N-methyl/N-ethyl adjacent to an activating group) is 1. The van der Waals surface area contributed by atoms with E-state index in [2.05, 4.69) is 30.0 Å². The molecule has 0 amide bonds. The summed E-state index contributed by atoms with van der Waals surface area (Å²) >= 11 is 0. The molecule has 0 fully saturated rings. The van der Waals surface area contributed by atoms with Crippen LogP contribution in [-0.4, -0.2) is 50.3 Å². The molecule has 3 nitrogen and oxygen atoms in total. The fourth-order valence-corrected chi connectivity index (χ4v) is 1.50. The predicted molar refractivity (Wildman–Crippen MR) is 64.9 cm³/mol. The molecule has 0 spiro atoms. The van der Waals surface area contributed by atoms with Gasteiger partial charge < -0.3 is 10.1 Å². The molecule has 15 heavy (non-hydrogen) atoms. The van der Waals surface area contributed by atoms with Crippen LogP contribution in [0.15, 0.2) is 0 Å². The maximum Gasteiger partial charge on any atom is 0.0593 e. The van der Waals surface area contributed by atoms with E-state index >= 15 is 0 Å². The molecule has 1 atom stereocenters. The third-order valence-electron chi connectivity index (χ3n) is 2.42. The van der Waals surface area contributed by atoms with Crippen molar-refractivity contribution in [3.63, 3.8) is 0 Å². The monoisotopic (exact) mass is 212 g/mol. The van der Waals surface area contributed by atoms with Gasteiger partial charge in [0, 0.05) is 25.7 Å². The summed E-state index contributed by atoms with van der Waals surface area (Å²) < 4.78 is 5.35. The van der Waals surface area contributed by atoms with Gasteiger partial charge in [0.2, 0.25) is 0 Å². The molecule has 0 aliphatic rings. The second-order valence-corrected chi connectivity index (χ2v) is 3.51. The van der Waals surface area contributed by atoms with Crippen LogP contribution < -0.4 is 5.32 Å². The SMILES string of the molecule is C#CCNCC(C)N(CC)CCOCC. The van der Waals surface area contributed by atoms with E-state index in [1.165, 1.54) is 0 Å². The maximum atomic E-state index is 5.35. The number of rotatable bonds is 9. The maximum absolute atomic E-state index is 5.35. The Balaban J connectivity index is 3.68. The quantitative estimate of drug-likeness (QED) is 0.455. The Morgan fingerprint density at radius 3 is 2.73 bits per heavy atom. The number of ether oxygens (including phenoxy) is 1. The van der Waals surface area contributed by atoms with Crippen molar-refractivity contribution in [1.82, 2.24) is 10.2 Å². The number of nitrogens with zero attached hydrogens (tertiary/aromatic N) is 1. The summed E-state index contributed by atoms with van der Waals surface area (Å²) in [6, 6.07) is 0.504. The molecular formula is C12H24N2O. The predicted octanol–water partition coefficient (Wildman–Crippen LogP) is 0.956. The van der Waals surface area contributed by atoms with Crippen molar-refractivity contribution in [3.8, 4) is 12.3 Å². The van der Waals surface area contributed by atoms with Crippen LogP contribution in [0.3, 0.4) is 0 Å². The lowest BCUT2D eigenvalue weighted by Crippen LogP contribution is -2.42. The van der Waals surface area contributed by atoms with E-state index < -0.39 is 0 Å². The van der Waals surface area contributed by atoms with E-state index in [1.807, 2.05) is 6.92 Å². The molecule has 0 rings (SSSR count). The topological polar surface area (TPSA) is 24.5 Å². The highest BCUT2D eigenvalue weighted by Crippen LogP contribution is 1.97. The first kappa shape index (κ1) is 14.4. The third kappa shape index (κ3) is 7.38. The summed E-state index contributed by atoms with van der Waals surface area (Å²) in [5.41, 5.74) is 0. The highest BCUT2D eigenvalue weighted by atomic mass is 16.5. The molecular weight excluding hydrogens is 188 g/mol. The summed E-state index contributed by atoms with van der Waals surface area (Å²) in [5.74, 6) is 2.58. The Kier molecular flexibility index (Phi) is 9.60. The van der Waals surface area contributed by atoms with Crippen LogP contribution in [0.4, 0.5) is 0 Å². The highest BCUT2D eigenvalue weighted by molar-refractivity contribution is 4.87. The molecule has 0 radical (unpaired) electrons. The summed E-state index contributed by atoms with van der Waals surface area (Å²) in [7, 11) is 0. The van der Waals surface area contributed by atoms with Gasteiger partial charge in [-0.05, 0) is 20.4 Å². The van der Waals surface area contributed by atoms with Gasteiger partial charge >= 0.3 is 0 Å². The van der Waals surface area contributed by atoms with Crippen molar-refractivity contribution in [3.05, 3.63) is 0 Å². The largest absolute Gasteiger partial charge is 0.380 e. The van der Waals surface area contributed by atoms with Gasteiger partial charge in [-0.2, -0.15) is 0 Å². The second-order valence-electron chi connectivity index (χ2n) is 3.51. The first-order valence-electron chi connectivity index (χ1n) is 5.72. The Labute approximate surface area is 94.2 Å². The highest BCUT2D eigenvalue weighted by Gasteiger charge is 2.10. The average molecular weight is 212 g/mol. The molecule has 0 saturated heterocycles. The smallest absolute Gasteiger partial charge is 0.0593 e. The first-order chi connectivity index (χ1) is 7.26. The lowest BCUT2D eigenvalue weighted by atomic mass is 10.2. The molecule has 1 N–H and O–H groups in total. The molecule has 0 saturated carbocycles. The standard InChI is InChI=1S/C12H24N2O/c1-5-8-13-11-12(4)14(6-2)9-10-15-7-3/h1,12-13H,6-11H2,2-4H3. The molecule has 0 aromatic carbocycles. The van der Waals surface area contributed by atoms with Gasteiger partial charge in [-0.15, -0.1) is 6.42 Å². The number of hydrogen-bond acceptors (Lipinski definition) is 3. The molecule has 1 unspecified atom stereocenters. The van der Waals surface area contributed by atoms with Crippen LogP contribution in [0.5, 0.6) is 0 Å². The van der Waals surface area contributed by atoms with E-state index in [0.29, 0.717) is 12.6 Å². The van der Waals surface area contributed by atoms with Crippen LogP contribution in [0, 0.1) is 12.3 Å². The number of terminal acetylenes is 1. The minimum atomic E-state index is 0.504. The molecule has 0 aromatic heterocycles. The van der Waals surface area contributed by atoms with Gasteiger partial charge in [0.1, 0.15) is 0 Å². The minimum absolute atomic E-state index is 0.504. The van der Waals surface area contributed by atoms with Gasteiger partial charge in [0.25, 0.3) is 0 Å². The van der Waals surface area contributed by atoms with Gasteiger partial charge in [0.05, 0.1) is 13.2 Å². The Bertz CT molecular complexity index is 177. The fourth-order valence-electron chi connectivity index (χ4n) is 1.50. The normalized spacial score (nSPS) is 12.7. The van der Waals surface area contributed by atoms with Crippen molar-refractivity contribution in [2.75, 3.05) is 39.4 Å². The Hall–Kier alpha value is -0.560. The molecule has 88 valence electrons. The van der Waals surface area contributed by atoms with Gasteiger partial charge in [-0.3, -0.25) is 4.90 Å². The van der Waals surface area contributed by atoms with Gasteiger partial charge in [-0.1, -0.05) is 12.8 Å². The van der Waals surface area contributed by atoms with E-state index in [1.54, 1.807) is 0 Å². The van der Waals surface area contributed by atoms with E-state index in [0.717, 1.165) is 32.8 Å². The van der Waals surface area contributed by atoms with Gasteiger partial charge in [0.15, 0.2) is 0 Å². The van der Waals surface area contributed by atoms with Gasteiger partial charge in [-0.25, -0.2) is 0 Å². The van der Waals surface area contributed by atoms with E-state index in [-0.39, 0.29) is 0 Å². The zero-order valence-corrected chi connectivity index (χ0v) is 10.3. The lowest BCUT2D eigenvalue weighted by molar-refractivity contribution is 0.100. The van der Waals surface area contributed by atoms with Crippen LogP contribution >= 0.6 is 0 Å². The molecule has 0 bridgehead atoms. The minimum Gasteiger partial charge on any atom is -0.380 e. The van der Waals surface area contributed by atoms with Crippen LogP contribution in [0.2, 0.25) is 0 Å². The third-order valence-corrected chi connectivity index (χ3v) is 2.42. The Morgan fingerprint density at radius 2 is 2.20 bits per heavy atom. The zero-order valence-electron chi connectivity index (χ0n) is 10.3. The van der Waals surface area contributed by atoms with Crippen molar-refractivity contribution < 1.29 is 4.74 Å². The van der Waals surface area contributed by atoms with E-state index in [4.69, 9.17) is 11.2 Å². The summed E-state index contributed by atoms with van der Waals surface area (Å²) in [6.07, 6.45) is 5.18. The molecule has 3 heteroatoms. The van der Waals surface area contributed by atoms with Crippen LogP contribution in [0.25, 0.3) is 0 Å². The zero-order chi connectivity index (χ0) is 11.5. The Morgan fingerprint density at radius 1 is 1.47 bits per heavy atom. The van der Waals surface area contributed by atoms with Crippen LogP contribution in [-0.2, 0) is 4.74 Å². The second kappa shape index (κ2) is 9.97. The van der Waals surface area contributed by atoms with Crippen molar-refractivity contribution in [2.24, 2.45) is 0 Å².